The predicted molar refractivity (Wildman–Crippen MR) is 83.8 cm³/mol. The molecule has 0 aliphatic heterocycles. The fourth-order valence-electron chi connectivity index (χ4n) is 3.06. The summed E-state index contributed by atoms with van der Waals surface area (Å²) >= 11 is 0. The molecule has 0 atom stereocenters. The number of ether oxygens (including phenoxy) is 1. The van der Waals surface area contributed by atoms with Crippen molar-refractivity contribution in [3.8, 4) is 5.75 Å². The van der Waals surface area contributed by atoms with Crippen LogP contribution in [-0.4, -0.2) is 28.7 Å². The first kappa shape index (κ1) is 15.0. The van der Waals surface area contributed by atoms with Crippen molar-refractivity contribution in [3.63, 3.8) is 0 Å². The maximum atomic E-state index is 5.84. The zero-order chi connectivity index (χ0) is 15.5. The Labute approximate surface area is 131 Å². The van der Waals surface area contributed by atoms with Crippen LogP contribution in [0.25, 0.3) is 0 Å². The number of aryl methyl sites for hydroxylation is 3. The average molecular weight is 301 g/mol. The van der Waals surface area contributed by atoms with E-state index in [1.54, 1.807) is 0 Å². The highest BCUT2D eigenvalue weighted by Crippen LogP contribution is 2.30. The first-order valence-corrected chi connectivity index (χ1v) is 7.91. The lowest BCUT2D eigenvalue weighted by Crippen LogP contribution is -2.19. The van der Waals surface area contributed by atoms with Crippen molar-refractivity contribution < 1.29 is 9.26 Å². The van der Waals surface area contributed by atoms with E-state index < -0.39 is 0 Å². The van der Waals surface area contributed by atoms with Gasteiger partial charge in [-0.2, -0.15) is 4.98 Å². The topological polar surface area (TPSA) is 51.4 Å². The summed E-state index contributed by atoms with van der Waals surface area (Å²) < 4.78 is 10.9. The number of hydrogen-bond donors (Lipinski definition) is 0. The molecule has 22 heavy (non-hydrogen) atoms. The van der Waals surface area contributed by atoms with Crippen molar-refractivity contribution in [2.24, 2.45) is 0 Å². The first-order valence-electron chi connectivity index (χ1n) is 7.91. The fraction of sp³-hybridized carbons (Fsp3) is 0.529. The van der Waals surface area contributed by atoms with Gasteiger partial charge in [-0.15, -0.1) is 0 Å². The smallest absolute Gasteiger partial charge is 0.223 e. The van der Waals surface area contributed by atoms with Crippen LogP contribution < -0.4 is 4.74 Å². The van der Waals surface area contributed by atoms with Gasteiger partial charge in [0, 0.05) is 19.0 Å². The average Bonchev–Trinajstić information content (AvgIpc) is 3.08. The van der Waals surface area contributed by atoms with E-state index in [9.17, 15) is 0 Å². The zero-order valence-corrected chi connectivity index (χ0v) is 13.6. The molecule has 3 rings (SSSR count). The van der Waals surface area contributed by atoms with Crippen molar-refractivity contribution in [2.45, 2.75) is 46.2 Å². The molecule has 1 aromatic carbocycles. The summed E-state index contributed by atoms with van der Waals surface area (Å²) in [7, 11) is 2.06. The molecule has 0 amide bonds. The van der Waals surface area contributed by atoms with Crippen molar-refractivity contribution >= 4 is 0 Å². The summed E-state index contributed by atoms with van der Waals surface area (Å²) in [6, 6.07) is 4.54. The summed E-state index contributed by atoms with van der Waals surface area (Å²) in [5, 5.41) is 3.95. The van der Waals surface area contributed by atoms with Crippen LogP contribution >= 0.6 is 0 Å². The fourth-order valence-corrected chi connectivity index (χ4v) is 3.06. The van der Waals surface area contributed by atoms with E-state index >= 15 is 0 Å². The van der Waals surface area contributed by atoms with Gasteiger partial charge < -0.3 is 9.26 Å². The molecule has 1 heterocycles. The Morgan fingerprint density at radius 2 is 2.00 bits per heavy atom. The van der Waals surface area contributed by atoms with E-state index in [4.69, 9.17) is 9.26 Å². The van der Waals surface area contributed by atoms with Gasteiger partial charge in [-0.05, 0) is 50.4 Å². The standard InChI is InChI=1S/C17H23N3O2/c1-4-21-16-9-14-7-5-6-13(14)8-15(16)10-20(3)11-17-18-12(2)22-19-17/h8-9H,4-7,10-11H2,1-3H3. The van der Waals surface area contributed by atoms with Crippen LogP contribution in [0.5, 0.6) is 5.75 Å². The molecule has 0 unspecified atom stereocenters. The van der Waals surface area contributed by atoms with E-state index in [-0.39, 0.29) is 0 Å². The molecular weight excluding hydrogens is 278 g/mol. The Hall–Kier alpha value is -1.88. The van der Waals surface area contributed by atoms with Gasteiger partial charge in [-0.25, -0.2) is 0 Å². The third-order valence-electron chi connectivity index (χ3n) is 4.00. The highest BCUT2D eigenvalue weighted by atomic mass is 16.5. The largest absolute Gasteiger partial charge is 0.494 e. The molecule has 0 spiro atoms. The molecule has 118 valence electrons. The van der Waals surface area contributed by atoms with E-state index in [0.717, 1.165) is 18.1 Å². The molecule has 0 fully saturated rings. The number of rotatable bonds is 6. The SMILES string of the molecule is CCOc1cc2c(cc1CN(C)Cc1noc(C)n1)CCC2. The minimum atomic E-state index is 0.607. The molecule has 0 saturated heterocycles. The van der Waals surface area contributed by atoms with Crippen molar-refractivity contribution in [1.29, 1.82) is 0 Å². The summed E-state index contributed by atoms with van der Waals surface area (Å²) in [6.45, 7) is 6.02. The molecule has 0 N–H and O–H groups in total. The molecule has 2 aromatic rings. The molecule has 1 aromatic heterocycles. The van der Waals surface area contributed by atoms with Gasteiger partial charge in [0.25, 0.3) is 0 Å². The Balaban J connectivity index is 1.75. The third kappa shape index (κ3) is 3.30. The van der Waals surface area contributed by atoms with Crippen LogP contribution in [0, 0.1) is 6.92 Å². The summed E-state index contributed by atoms with van der Waals surface area (Å²) in [5.41, 5.74) is 4.16. The predicted octanol–water partition coefficient (Wildman–Crippen LogP) is 2.90. The van der Waals surface area contributed by atoms with Crippen LogP contribution in [0.2, 0.25) is 0 Å². The van der Waals surface area contributed by atoms with Gasteiger partial charge in [-0.1, -0.05) is 11.2 Å². The highest BCUT2D eigenvalue weighted by Gasteiger charge is 2.17. The van der Waals surface area contributed by atoms with Gasteiger partial charge in [0.2, 0.25) is 5.89 Å². The summed E-state index contributed by atoms with van der Waals surface area (Å²) in [6.07, 6.45) is 3.61. The van der Waals surface area contributed by atoms with Crippen LogP contribution in [0.3, 0.4) is 0 Å². The number of nitrogens with zero attached hydrogens (tertiary/aromatic N) is 3. The Morgan fingerprint density at radius 1 is 1.23 bits per heavy atom. The van der Waals surface area contributed by atoms with Crippen molar-refractivity contribution in [1.82, 2.24) is 15.0 Å². The van der Waals surface area contributed by atoms with Gasteiger partial charge in [0.1, 0.15) is 5.75 Å². The van der Waals surface area contributed by atoms with Gasteiger partial charge in [0.15, 0.2) is 5.82 Å². The second-order valence-electron chi connectivity index (χ2n) is 5.92. The lowest BCUT2D eigenvalue weighted by atomic mass is 10.0. The van der Waals surface area contributed by atoms with E-state index in [1.165, 1.54) is 36.0 Å². The molecule has 0 bridgehead atoms. The van der Waals surface area contributed by atoms with Gasteiger partial charge in [-0.3, -0.25) is 4.90 Å². The second-order valence-corrected chi connectivity index (χ2v) is 5.92. The monoisotopic (exact) mass is 301 g/mol. The number of benzene rings is 1. The first-order chi connectivity index (χ1) is 10.7. The number of fused-ring (bicyclic) bond motifs is 1. The minimum Gasteiger partial charge on any atom is -0.494 e. The number of hydrogen-bond acceptors (Lipinski definition) is 5. The molecule has 1 aliphatic carbocycles. The maximum absolute atomic E-state index is 5.84. The van der Waals surface area contributed by atoms with E-state index in [2.05, 4.69) is 34.2 Å². The lowest BCUT2D eigenvalue weighted by molar-refractivity contribution is 0.286. The van der Waals surface area contributed by atoms with E-state index in [1.807, 2.05) is 13.8 Å². The summed E-state index contributed by atoms with van der Waals surface area (Å²) in [4.78, 5) is 6.44. The van der Waals surface area contributed by atoms with Gasteiger partial charge in [0.05, 0.1) is 13.2 Å². The molecular formula is C17H23N3O2. The lowest BCUT2D eigenvalue weighted by Gasteiger charge is -2.18. The van der Waals surface area contributed by atoms with E-state index in [0.29, 0.717) is 19.0 Å². The van der Waals surface area contributed by atoms with Gasteiger partial charge >= 0.3 is 0 Å². The second kappa shape index (κ2) is 6.48. The Kier molecular flexibility index (Phi) is 4.43. The van der Waals surface area contributed by atoms with Crippen LogP contribution in [0.1, 0.15) is 41.8 Å². The zero-order valence-electron chi connectivity index (χ0n) is 13.6. The molecule has 0 saturated carbocycles. The Bertz CT molecular complexity index is 651. The van der Waals surface area contributed by atoms with Crippen LogP contribution in [0.15, 0.2) is 16.7 Å². The summed E-state index contributed by atoms with van der Waals surface area (Å²) in [5.74, 6) is 2.34. The van der Waals surface area contributed by atoms with Crippen molar-refractivity contribution in [3.05, 3.63) is 40.5 Å². The van der Waals surface area contributed by atoms with Crippen LogP contribution in [0.4, 0.5) is 0 Å². The van der Waals surface area contributed by atoms with Crippen LogP contribution in [-0.2, 0) is 25.9 Å². The van der Waals surface area contributed by atoms with Crippen molar-refractivity contribution in [2.75, 3.05) is 13.7 Å². The number of aromatic nitrogens is 2. The molecule has 5 nitrogen and oxygen atoms in total. The molecule has 0 radical (unpaired) electrons. The molecule has 5 heteroatoms. The molecule has 1 aliphatic rings. The Morgan fingerprint density at radius 3 is 2.68 bits per heavy atom. The third-order valence-corrected chi connectivity index (χ3v) is 4.00. The minimum absolute atomic E-state index is 0.607. The highest BCUT2D eigenvalue weighted by molar-refractivity contribution is 5.44. The normalized spacial score (nSPS) is 13.6. The maximum Gasteiger partial charge on any atom is 0.223 e. The quantitative estimate of drug-likeness (QED) is 0.821.